The van der Waals surface area contributed by atoms with Crippen LogP contribution in [-0.2, 0) is 6.54 Å². The van der Waals surface area contributed by atoms with E-state index in [1.54, 1.807) is 0 Å². The molecular weight excluding hydrogens is 270 g/mol. The molecule has 0 N–H and O–H groups in total. The van der Waals surface area contributed by atoms with Gasteiger partial charge in [-0.25, -0.2) is 0 Å². The number of rotatable bonds is 5. The van der Waals surface area contributed by atoms with Crippen molar-refractivity contribution >= 4 is 0 Å². The van der Waals surface area contributed by atoms with Crippen LogP contribution in [0.5, 0.6) is 5.75 Å². The van der Waals surface area contributed by atoms with Crippen LogP contribution < -0.4 is 4.74 Å². The number of likely N-dealkylation sites (tertiary alicyclic amines) is 1. The van der Waals surface area contributed by atoms with Gasteiger partial charge in [0.1, 0.15) is 5.75 Å². The molecule has 1 atom stereocenters. The second-order valence-corrected chi connectivity index (χ2v) is 6.12. The summed E-state index contributed by atoms with van der Waals surface area (Å²) in [6.45, 7) is 7.12. The van der Waals surface area contributed by atoms with Crippen LogP contribution in [0.3, 0.4) is 0 Å². The predicted molar refractivity (Wildman–Crippen MR) is 91.2 cm³/mol. The van der Waals surface area contributed by atoms with Crippen molar-refractivity contribution < 1.29 is 4.74 Å². The van der Waals surface area contributed by atoms with Gasteiger partial charge in [0.15, 0.2) is 0 Å². The Kier molecular flexibility index (Phi) is 4.79. The summed E-state index contributed by atoms with van der Waals surface area (Å²) in [6, 6.07) is 18.1. The molecule has 0 unspecified atom stereocenters. The Balaban J connectivity index is 1.71. The maximum absolute atomic E-state index is 5.52. The monoisotopic (exact) mass is 295 g/mol. The first-order valence-corrected chi connectivity index (χ1v) is 8.28. The number of hydrogen-bond acceptors (Lipinski definition) is 2. The number of ether oxygens (including phenoxy) is 1. The summed E-state index contributed by atoms with van der Waals surface area (Å²) in [7, 11) is 0. The first-order chi connectivity index (χ1) is 10.8. The minimum Gasteiger partial charge on any atom is -0.494 e. The molecule has 1 heterocycles. The molecule has 0 spiro atoms. The van der Waals surface area contributed by atoms with E-state index < -0.39 is 0 Å². The van der Waals surface area contributed by atoms with Gasteiger partial charge in [0.05, 0.1) is 6.61 Å². The van der Waals surface area contributed by atoms with Crippen LogP contribution in [0.1, 0.15) is 42.5 Å². The SMILES string of the molecule is CCOc1ccc(CN2CCC[C@@H]2c2cccc(C)c2)cc1. The molecule has 1 aliphatic rings. The van der Waals surface area contributed by atoms with Crippen molar-refractivity contribution in [1.29, 1.82) is 0 Å². The topological polar surface area (TPSA) is 12.5 Å². The molecule has 0 amide bonds. The first-order valence-electron chi connectivity index (χ1n) is 8.28. The van der Waals surface area contributed by atoms with Gasteiger partial charge >= 0.3 is 0 Å². The zero-order valence-electron chi connectivity index (χ0n) is 13.6. The number of benzene rings is 2. The minimum atomic E-state index is 0.562. The first kappa shape index (κ1) is 15.1. The highest BCUT2D eigenvalue weighted by Crippen LogP contribution is 2.33. The van der Waals surface area contributed by atoms with Crippen molar-refractivity contribution in [2.24, 2.45) is 0 Å². The lowest BCUT2D eigenvalue weighted by Crippen LogP contribution is -2.22. The fraction of sp³-hybridized carbons (Fsp3) is 0.400. The van der Waals surface area contributed by atoms with Gasteiger partial charge in [0, 0.05) is 12.6 Å². The van der Waals surface area contributed by atoms with E-state index in [-0.39, 0.29) is 0 Å². The number of aryl methyl sites for hydroxylation is 1. The van der Waals surface area contributed by atoms with Crippen molar-refractivity contribution in [2.45, 2.75) is 39.3 Å². The molecule has 1 saturated heterocycles. The van der Waals surface area contributed by atoms with Gasteiger partial charge in [-0.05, 0) is 56.5 Å². The van der Waals surface area contributed by atoms with Crippen molar-refractivity contribution in [3.63, 3.8) is 0 Å². The second-order valence-electron chi connectivity index (χ2n) is 6.12. The molecule has 0 aromatic heterocycles. The highest BCUT2D eigenvalue weighted by atomic mass is 16.5. The molecule has 1 aliphatic heterocycles. The van der Waals surface area contributed by atoms with Crippen LogP contribution in [0.4, 0.5) is 0 Å². The van der Waals surface area contributed by atoms with Crippen molar-refractivity contribution in [1.82, 2.24) is 4.90 Å². The lowest BCUT2D eigenvalue weighted by molar-refractivity contribution is 0.248. The molecule has 2 aromatic rings. The summed E-state index contributed by atoms with van der Waals surface area (Å²) < 4.78 is 5.52. The van der Waals surface area contributed by atoms with E-state index in [1.807, 2.05) is 6.92 Å². The normalized spacial score (nSPS) is 18.5. The van der Waals surface area contributed by atoms with Crippen LogP contribution in [0, 0.1) is 6.92 Å². The Morgan fingerprint density at radius 2 is 1.95 bits per heavy atom. The van der Waals surface area contributed by atoms with Gasteiger partial charge < -0.3 is 4.74 Å². The van der Waals surface area contributed by atoms with E-state index in [4.69, 9.17) is 4.74 Å². The van der Waals surface area contributed by atoms with Crippen LogP contribution >= 0.6 is 0 Å². The lowest BCUT2D eigenvalue weighted by Gasteiger charge is -2.25. The van der Waals surface area contributed by atoms with Gasteiger partial charge in [-0.1, -0.05) is 42.0 Å². The Bertz CT molecular complexity index is 605. The zero-order chi connectivity index (χ0) is 15.4. The fourth-order valence-corrected chi connectivity index (χ4v) is 3.36. The molecule has 0 aliphatic carbocycles. The minimum absolute atomic E-state index is 0.562. The molecule has 2 aromatic carbocycles. The smallest absolute Gasteiger partial charge is 0.119 e. The summed E-state index contributed by atoms with van der Waals surface area (Å²) in [5.74, 6) is 0.961. The number of hydrogen-bond donors (Lipinski definition) is 0. The Morgan fingerprint density at radius 3 is 2.68 bits per heavy atom. The van der Waals surface area contributed by atoms with Crippen LogP contribution in [-0.4, -0.2) is 18.1 Å². The lowest BCUT2D eigenvalue weighted by atomic mass is 10.0. The summed E-state index contributed by atoms with van der Waals surface area (Å²) in [5, 5.41) is 0. The van der Waals surface area contributed by atoms with Crippen molar-refractivity contribution in [3.8, 4) is 5.75 Å². The van der Waals surface area contributed by atoms with E-state index in [9.17, 15) is 0 Å². The van der Waals surface area contributed by atoms with Gasteiger partial charge in [-0.2, -0.15) is 0 Å². The average Bonchev–Trinajstić information content (AvgIpc) is 2.98. The maximum Gasteiger partial charge on any atom is 0.119 e. The summed E-state index contributed by atoms with van der Waals surface area (Å²) in [5.41, 5.74) is 4.18. The third-order valence-electron chi connectivity index (χ3n) is 4.41. The van der Waals surface area contributed by atoms with E-state index in [0.717, 1.165) is 18.9 Å². The Labute approximate surface area is 133 Å². The largest absolute Gasteiger partial charge is 0.494 e. The highest BCUT2D eigenvalue weighted by Gasteiger charge is 2.25. The Morgan fingerprint density at radius 1 is 1.14 bits per heavy atom. The third-order valence-corrected chi connectivity index (χ3v) is 4.41. The zero-order valence-corrected chi connectivity index (χ0v) is 13.6. The molecule has 2 nitrogen and oxygen atoms in total. The van der Waals surface area contributed by atoms with Crippen LogP contribution in [0.2, 0.25) is 0 Å². The molecule has 0 saturated carbocycles. The van der Waals surface area contributed by atoms with E-state index in [0.29, 0.717) is 6.04 Å². The highest BCUT2D eigenvalue weighted by molar-refractivity contribution is 5.29. The summed E-state index contributed by atoms with van der Waals surface area (Å²) in [4.78, 5) is 2.60. The molecule has 0 radical (unpaired) electrons. The summed E-state index contributed by atoms with van der Waals surface area (Å²) >= 11 is 0. The molecule has 22 heavy (non-hydrogen) atoms. The Hall–Kier alpha value is -1.80. The quantitative estimate of drug-likeness (QED) is 0.790. The maximum atomic E-state index is 5.52. The summed E-state index contributed by atoms with van der Waals surface area (Å²) in [6.07, 6.45) is 2.55. The third kappa shape index (κ3) is 3.50. The van der Waals surface area contributed by atoms with Crippen molar-refractivity contribution in [2.75, 3.05) is 13.2 Å². The van der Waals surface area contributed by atoms with E-state index in [2.05, 4.69) is 60.4 Å². The van der Waals surface area contributed by atoms with Gasteiger partial charge in [-0.3, -0.25) is 4.90 Å². The van der Waals surface area contributed by atoms with Gasteiger partial charge in [0.25, 0.3) is 0 Å². The molecule has 0 bridgehead atoms. The molecule has 116 valence electrons. The second kappa shape index (κ2) is 6.97. The predicted octanol–water partition coefficient (Wildman–Crippen LogP) is 4.73. The fourth-order valence-electron chi connectivity index (χ4n) is 3.36. The molecule has 2 heteroatoms. The molecule has 3 rings (SSSR count). The molecule has 1 fully saturated rings. The van der Waals surface area contributed by atoms with Crippen LogP contribution in [0.15, 0.2) is 48.5 Å². The van der Waals surface area contributed by atoms with E-state index in [1.165, 1.54) is 36.1 Å². The van der Waals surface area contributed by atoms with Crippen LogP contribution in [0.25, 0.3) is 0 Å². The molecular formula is C20H25NO. The standard InChI is InChI=1S/C20H25NO/c1-3-22-19-11-9-17(10-12-19)15-21-13-5-8-20(21)18-7-4-6-16(2)14-18/h4,6-7,9-12,14,20H,3,5,8,13,15H2,1-2H3/t20-/m1/s1. The van der Waals surface area contributed by atoms with Gasteiger partial charge in [0.2, 0.25) is 0 Å². The van der Waals surface area contributed by atoms with E-state index >= 15 is 0 Å². The van der Waals surface area contributed by atoms with Crippen molar-refractivity contribution in [3.05, 3.63) is 65.2 Å². The number of nitrogens with zero attached hydrogens (tertiary/aromatic N) is 1. The van der Waals surface area contributed by atoms with Gasteiger partial charge in [-0.15, -0.1) is 0 Å². The average molecular weight is 295 g/mol.